The zero-order valence-electron chi connectivity index (χ0n) is 11.1. The topological polar surface area (TPSA) is 92.5 Å². The highest BCUT2D eigenvalue weighted by Crippen LogP contribution is 2.42. The van der Waals surface area contributed by atoms with E-state index in [1.165, 1.54) is 6.20 Å². The summed E-state index contributed by atoms with van der Waals surface area (Å²) < 4.78 is 5.29. The minimum Gasteiger partial charge on any atom is -0.444 e. The second-order valence-corrected chi connectivity index (χ2v) is 5.30. The predicted molar refractivity (Wildman–Crippen MR) is 66.2 cm³/mol. The van der Waals surface area contributed by atoms with E-state index in [2.05, 4.69) is 10.3 Å². The van der Waals surface area contributed by atoms with Gasteiger partial charge in [-0.1, -0.05) is 12.8 Å². The molecule has 2 fully saturated rings. The number of aryl methyl sites for hydroxylation is 1. The normalized spacial score (nSPS) is 21.6. The second-order valence-electron chi connectivity index (χ2n) is 5.30. The first-order valence-electron chi connectivity index (χ1n) is 6.62. The smallest absolute Gasteiger partial charge is 0.331 e. The van der Waals surface area contributed by atoms with E-state index in [-0.39, 0.29) is 12.4 Å². The number of nitrogens with one attached hydrogen (secondary N) is 1. The van der Waals surface area contributed by atoms with Crippen LogP contribution in [0.1, 0.15) is 37.3 Å². The largest absolute Gasteiger partial charge is 0.444 e. The van der Waals surface area contributed by atoms with Gasteiger partial charge >= 0.3 is 6.03 Å². The van der Waals surface area contributed by atoms with Gasteiger partial charge in [0.1, 0.15) is 17.7 Å². The maximum Gasteiger partial charge on any atom is 0.331 e. The first-order valence-corrected chi connectivity index (χ1v) is 6.62. The van der Waals surface area contributed by atoms with Gasteiger partial charge in [0.15, 0.2) is 0 Å². The molecule has 4 amide bonds. The molecule has 7 heteroatoms. The molecule has 20 heavy (non-hydrogen) atoms. The quantitative estimate of drug-likeness (QED) is 0.818. The summed E-state index contributed by atoms with van der Waals surface area (Å²) in [5.41, 5.74) is -1.07. The summed E-state index contributed by atoms with van der Waals surface area (Å²) >= 11 is 0. The van der Waals surface area contributed by atoms with Crippen LogP contribution in [0.3, 0.4) is 0 Å². The molecule has 0 unspecified atom stereocenters. The zero-order valence-corrected chi connectivity index (χ0v) is 11.1. The van der Waals surface area contributed by atoms with Gasteiger partial charge in [0, 0.05) is 0 Å². The standard InChI is InChI=1S/C13H15N3O4/c1-8-6-14-9(20-8)7-16-11(18)13(4-2-3-5-13)10(17)15-12(16)19/h6H,2-5,7H2,1H3,(H,15,17,19). The Balaban J connectivity index is 1.88. The predicted octanol–water partition coefficient (Wildman–Crippen LogP) is 1.12. The molecule has 1 saturated carbocycles. The molecule has 106 valence electrons. The number of amides is 4. The van der Waals surface area contributed by atoms with Crippen molar-refractivity contribution in [1.29, 1.82) is 0 Å². The molecular weight excluding hydrogens is 262 g/mol. The van der Waals surface area contributed by atoms with Crippen molar-refractivity contribution >= 4 is 17.8 Å². The number of urea groups is 1. The van der Waals surface area contributed by atoms with Gasteiger partial charge < -0.3 is 4.42 Å². The Morgan fingerprint density at radius 3 is 2.65 bits per heavy atom. The number of aromatic nitrogens is 1. The number of rotatable bonds is 2. The van der Waals surface area contributed by atoms with Gasteiger partial charge in [0.05, 0.1) is 6.20 Å². The van der Waals surface area contributed by atoms with Gasteiger partial charge in [-0.3, -0.25) is 19.8 Å². The van der Waals surface area contributed by atoms with Crippen LogP contribution >= 0.6 is 0 Å². The lowest BCUT2D eigenvalue weighted by Crippen LogP contribution is -2.62. The van der Waals surface area contributed by atoms with Crippen LogP contribution in [0, 0.1) is 12.3 Å². The van der Waals surface area contributed by atoms with Gasteiger partial charge in [-0.05, 0) is 19.8 Å². The SMILES string of the molecule is Cc1cnc(CN2C(=O)NC(=O)C3(CCCC3)C2=O)o1. The third kappa shape index (κ3) is 1.81. The Kier molecular flexibility index (Phi) is 2.84. The van der Waals surface area contributed by atoms with Crippen LogP contribution in [0.15, 0.2) is 10.6 Å². The highest BCUT2D eigenvalue weighted by atomic mass is 16.4. The van der Waals surface area contributed by atoms with Gasteiger partial charge in [0.25, 0.3) is 0 Å². The Bertz CT molecular complexity index is 586. The van der Waals surface area contributed by atoms with Crippen molar-refractivity contribution in [2.45, 2.75) is 39.2 Å². The average Bonchev–Trinajstić information content (AvgIpc) is 3.03. The van der Waals surface area contributed by atoms with E-state index in [1.807, 2.05) is 0 Å². The van der Waals surface area contributed by atoms with E-state index < -0.39 is 23.3 Å². The highest BCUT2D eigenvalue weighted by molar-refractivity contribution is 6.19. The van der Waals surface area contributed by atoms with Crippen LogP contribution < -0.4 is 5.32 Å². The van der Waals surface area contributed by atoms with Crippen molar-refractivity contribution in [2.75, 3.05) is 0 Å². The molecule has 1 spiro atoms. The minimum absolute atomic E-state index is 0.0481. The molecule has 7 nitrogen and oxygen atoms in total. The number of oxazole rings is 1. The zero-order chi connectivity index (χ0) is 14.3. The molecule has 1 aromatic rings. The van der Waals surface area contributed by atoms with Gasteiger partial charge in [-0.25, -0.2) is 9.78 Å². The fourth-order valence-corrected chi connectivity index (χ4v) is 2.90. The van der Waals surface area contributed by atoms with E-state index in [0.29, 0.717) is 18.6 Å². The van der Waals surface area contributed by atoms with Crippen molar-refractivity contribution in [3.63, 3.8) is 0 Å². The van der Waals surface area contributed by atoms with Gasteiger partial charge in [-0.15, -0.1) is 0 Å². The maximum absolute atomic E-state index is 12.6. The lowest BCUT2D eigenvalue weighted by atomic mass is 9.82. The van der Waals surface area contributed by atoms with Crippen molar-refractivity contribution in [2.24, 2.45) is 5.41 Å². The molecule has 2 aliphatic rings. The third-order valence-corrected chi connectivity index (χ3v) is 3.97. The lowest BCUT2D eigenvalue weighted by molar-refractivity contribution is -0.151. The van der Waals surface area contributed by atoms with E-state index in [4.69, 9.17) is 4.42 Å². The van der Waals surface area contributed by atoms with Crippen LogP contribution in [0.5, 0.6) is 0 Å². The summed E-state index contributed by atoms with van der Waals surface area (Å²) in [7, 11) is 0. The van der Waals surface area contributed by atoms with Crippen molar-refractivity contribution in [3.8, 4) is 0 Å². The van der Waals surface area contributed by atoms with E-state index in [0.717, 1.165) is 17.7 Å². The number of hydrogen-bond acceptors (Lipinski definition) is 5. The Labute approximate surface area is 115 Å². The van der Waals surface area contributed by atoms with E-state index in [9.17, 15) is 14.4 Å². The molecule has 0 atom stereocenters. The summed E-state index contributed by atoms with van der Waals surface area (Å²) in [5.74, 6) is -0.00513. The molecule has 1 aliphatic carbocycles. The van der Waals surface area contributed by atoms with Crippen LogP contribution in [0.4, 0.5) is 4.79 Å². The van der Waals surface area contributed by atoms with Crippen LogP contribution in [0.2, 0.25) is 0 Å². The lowest BCUT2D eigenvalue weighted by Gasteiger charge is -2.36. The molecule has 0 radical (unpaired) electrons. The van der Waals surface area contributed by atoms with E-state index >= 15 is 0 Å². The fraction of sp³-hybridized carbons (Fsp3) is 0.538. The van der Waals surface area contributed by atoms with Crippen molar-refractivity contribution in [3.05, 3.63) is 17.8 Å². The molecule has 1 aliphatic heterocycles. The monoisotopic (exact) mass is 277 g/mol. The summed E-state index contributed by atoms with van der Waals surface area (Å²) in [6, 6.07) is -0.701. The summed E-state index contributed by atoms with van der Waals surface area (Å²) in [6.07, 6.45) is 4.15. The Hall–Kier alpha value is -2.18. The number of imide groups is 2. The van der Waals surface area contributed by atoms with Gasteiger partial charge in [-0.2, -0.15) is 0 Å². The highest BCUT2D eigenvalue weighted by Gasteiger charge is 2.55. The molecule has 0 aromatic carbocycles. The van der Waals surface area contributed by atoms with Crippen molar-refractivity contribution < 1.29 is 18.8 Å². The maximum atomic E-state index is 12.6. The average molecular weight is 277 g/mol. The third-order valence-electron chi connectivity index (χ3n) is 3.97. The van der Waals surface area contributed by atoms with Crippen molar-refractivity contribution in [1.82, 2.24) is 15.2 Å². The summed E-state index contributed by atoms with van der Waals surface area (Å²) in [5, 5.41) is 2.28. The van der Waals surface area contributed by atoms with Crippen LogP contribution in [-0.2, 0) is 16.1 Å². The summed E-state index contributed by atoms with van der Waals surface area (Å²) in [6.45, 7) is 1.68. The Morgan fingerprint density at radius 1 is 1.35 bits per heavy atom. The van der Waals surface area contributed by atoms with Gasteiger partial charge in [0.2, 0.25) is 17.7 Å². The fourth-order valence-electron chi connectivity index (χ4n) is 2.90. The number of nitrogens with zero attached hydrogens (tertiary/aromatic N) is 2. The van der Waals surface area contributed by atoms with Crippen LogP contribution in [0.25, 0.3) is 0 Å². The number of hydrogen-bond donors (Lipinski definition) is 1. The molecule has 3 rings (SSSR count). The molecule has 1 saturated heterocycles. The number of carbonyl (C=O) groups is 3. The minimum atomic E-state index is -1.07. The molecule has 1 aromatic heterocycles. The molecule has 2 heterocycles. The molecule has 0 bridgehead atoms. The molecular formula is C13H15N3O4. The molecule has 1 N–H and O–H groups in total. The Morgan fingerprint density at radius 2 is 2.05 bits per heavy atom. The number of barbiturate groups is 1. The summed E-state index contributed by atoms with van der Waals surface area (Å²) in [4.78, 5) is 41.5. The van der Waals surface area contributed by atoms with E-state index in [1.54, 1.807) is 6.92 Å². The first-order chi connectivity index (χ1) is 9.53. The second kappa shape index (κ2) is 4.43. The first kappa shape index (κ1) is 12.8. The number of carbonyl (C=O) groups excluding carboxylic acids is 3. The van der Waals surface area contributed by atoms with Crippen LogP contribution in [-0.4, -0.2) is 27.7 Å².